The molecule has 1 N–H and O–H groups in total. The van der Waals surface area contributed by atoms with Crippen LogP contribution in [0.4, 0.5) is 0 Å². The average molecular weight is 196 g/mol. The number of nitrogens with zero attached hydrogens (tertiary/aromatic N) is 1. The molecule has 0 aromatic rings. The second kappa shape index (κ2) is 4.63. The van der Waals surface area contributed by atoms with Crippen molar-refractivity contribution in [1.82, 2.24) is 10.2 Å². The Morgan fingerprint density at radius 2 is 1.93 bits per heavy atom. The Bertz CT molecular complexity index is 169. The molecule has 82 valence electrons. The summed E-state index contributed by atoms with van der Waals surface area (Å²) in [5.41, 5.74) is 0. The minimum absolute atomic E-state index is 1.06. The Morgan fingerprint density at radius 3 is 2.57 bits per heavy atom. The van der Waals surface area contributed by atoms with Crippen LogP contribution < -0.4 is 5.32 Å². The topological polar surface area (TPSA) is 15.3 Å². The fraction of sp³-hybridized carbons (Fsp3) is 1.00. The summed E-state index contributed by atoms with van der Waals surface area (Å²) < 4.78 is 0. The number of hydrogen-bond acceptors (Lipinski definition) is 2. The molecule has 2 nitrogen and oxygen atoms in total. The molecular formula is C12H24N2. The normalized spacial score (nSPS) is 34.9. The van der Waals surface area contributed by atoms with Crippen molar-refractivity contribution in [2.24, 2.45) is 17.8 Å². The molecule has 0 saturated heterocycles. The van der Waals surface area contributed by atoms with Crippen LogP contribution in [0.2, 0.25) is 0 Å². The first-order valence-corrected chi connectivity index (χ1v) is 6.14. The van der Waals surface area contributed by atoms with Gasteiger partial charge in [0.05, 0.1) is 0 Å². The zero-order valence-corrected chi connectivity index (χ0v) is 9.63. The van der Waals surface area contributed by atoms with Crippen molar-refractivity contribution in [2.45, 2.75) is 25.7 Å². The van der Waals surface area contributed by atoms with Gasteiger partial charge in [-0.05, 0) is 70.7 Å². The zero-order chi connectivity index (χ0) is 9.97. The molecule has 0 bridgehead atoms. The number of nitrogens with one attached hydrogen (secondary N) is 1. The molecule has 2 saturated carbocycles. The maximum atomic E-state index is 3.60. The first-order valence-electron chi connectivity index (χ1n) is 6.14. The molecule has 0 heterocycles. The minimum Gasteiger partial charge on any atom is -0.316 e. The van der Waals surface area contributed by atoms with Crippen LogP contribution in [0.25, 0.3) is 0 Å². The van der Waals surface area contributed by atoms with E-state index in [-0.39, 0.29) is 0 Å². The monoisotopic (exact) mass is 196 g/mol. The third kappa shape index (κ3) is 2.48. The second-order valence-electron chi connectivity index (χ2n) is 5.28. The van der Waals surface area contributed by atoms with Crippen molar-refractivity contribution in [3.05, 3.63) is 0 Å². The smallest absolute Gasteiger partial charge is 0.00127 e. The van der Waals surface area contributed by atoms with Crippen molar-refractivity contribution in [3.63, 3.8) is 0 Å². The molecule has 0 aromatic carbocycles. The Hall–Kier alpha value is -0.0800. The summed E-state index contributed by atoms with van der Waals surface area (Å²) in [7, 11) is 4.29. The molecule has 0 aromatic heterocycles. The zero-order valence-electron chi connectivity index (χ0n) is 9.63. The molecule has 0 radical (unpaired) electrons. The minimum atomic E-state index is 1.06. The molecule has 2 aliphatic rings. The third-order valence-electron chi connectivity index (χ3n) is 3.92. The van der Waals surface area contributed by atoms with E-state index in [9.17, 15) is 0 Å². The first kappa shape index (κ1) is 10.4. The van der Waals surface area contributed by atoms with Gasteiger partial charge < -0.3 is 10.2 Å². The van der Waals surface area contributed by atoms with Crippen LogP contribution in [-0.2, 0) is 0 Å². The summed E-state index contributed by atoms with van der Waals surface area (Å²) in [5, 5.41) is 3.60. The van der Waals surface area contributed by atoms with Gasteiger partial charge in [0, 0.05) is 0 Å². The Kier molecular flexibility index (Phi) is 3.45. The predicted molar refractivity (Wildman–Crippen MR) is 60.4 cm³/mol. The summed E-state index contributed by atoms with van der Waals surface area (Å²) in [6, 6.07) is 0. The fourth-order valence-corrected chi connectivity index (χ4v) is 3.06. The van der Waals surface area contributed by atoms with Gasteiger partial charge in [-0.25, -0.2) is 0 Å². The van der Waals surface area contributed by atoms with E-state index in [4.69, 9.17) is 0 Å². The van der Waals surface area contributed by atoms with Crippen LogP contribution in [0.3, 0.4) is 0 Å². The second-order valence-corrected chi connectivity index (χ2v) is 5.28. The molecular weight excluding hydrogens is 172 g/mol. The Morgan fingerprint density at radius 1 is 1.21 bits per heavy atom. The van der Waals surface area contributed by atoms with Crippen molar-refractivity contribution < 1.29 is 0 Å². The summed E-state index contributed by atoms with van der Waals surface area (Å²) in [6.07, 6.45) is 5.84. The molecule has 2 unspecified atom stereocenters. The highest BCUT2D eigenvalue weighted by molar-refractivity contribution is 5.01. The molecule has 2 rings (SSSR count). The molecule has 2 atom stereocenters. The third-order valence-corrected chi connectivity index (χ3v) is 3.92. The highest BCUT2D eigenvalue weighted by atomic mass is 15.1. The van der Waals surface area contributed by atoms with Gasteiger partial charge in [-0.3, -0.25) is 0 Å². The van der Waals surface area contributed by atoms with Crippen molar-refractivity contribution >= 4 is 0 Å². The van der Waals surface area contributed by atoms with Gasteiger partial charge in [0.2, 0.25) is 0 Å². The van der Waals surface area contributed by atoms with E-state index in [0.29, 0.717) is 0 Å². The summed E-state index contributed by atoms with van der Waals surface area (Å²) >= 11 is 0. The molecule has 2 heteroatoms. The lowest BCUT2D eigenvalue weighted by Crippen LogP contribution is -2.23. The van der Waals surface area contributed by atoms with Gasteiger partial charge in [-0.15, -0.1) is 0 Å². The van der Waals surface area contributed by atoms with E-state index < -0.39 is 0 Å². The standard InChI is InChI=1S/C12H24N2/c1-14(2)8-4-7-13-9-12-10-5-3-6-11(10)12/h10-13H,3-9H2,1-2H3. The molecule has 14 heavy (non-hydrogen) atoms. The predicted octanol–water partition coefficient (Wildman–Crippen LogP) is 1.57. The van der Waals surface area contributed by atoms with Crippen LogP contribution in [0, 0.1) is 17.8 Å². The van der Waals surface area contributed by atoms with E-state index in [1.165, 1.54) is 45.3 Å². The molecule has 0 amide bonds. The van der Waals surface area contributed by atoms with Crippen molar-refractivity contribution in [3.8, 4) is 0 Å². The maximum absolute atomic E-state index is 3.60. The maximum Gasteiger partial charge on any atom is -0.00127 e. The van der Waals surface area contributed by atoms with Crippen LogP contribution in [0.1, 0.15) is 25.7 Å². The fourth-order valence-electron chi connectivity index (χ4n) is 3.06. The Labute approximate surface area is 88.1 Å². The van der Waals surface area contributed by atoms with E-state index >= 15 is 0 Å². The summed E-state index contributed by atoms with van der Waals surface area (Å²) in [4.78, 5) is 2.26. The average Bonchev–Trinajstić information content (AvgIpc) is 2.61. The molecule has 2 aliphatic carbocycles. The lowest BCUT2D eigenvalue weighted by atomic mass is 10.1. The van der Waals surface area contributed by atoms with Crippen LogP contribution in [-0.4, -0.2) is 38.6 Å². The summed E-state index contributed by atoms with van der Waals surface area (Å²) in [5.74, 6) is 3.30. The van der Waals surface area contributed by atoms with E-state index in [0.717, 1.165) is 17.8 Å². The van der Waals surface area contributed by atoms with E-state index in [2.05, 4.69) is 24.3 Å². The summed E-state index contributed by atoms with van der Waals surface area (Å²) in [6.45, 7) is 3.71. The highest BCUT2D eigenvalue weighted by Gasteiger charge is 2.51. The molecule has 2 fully saturated rings. The molecule has 0 aliphatic heterocycles. The van der Waals surface area contributed by atoms with Gasteiger partial charge in [0.25, 0.3) is 0 Å². The number of hydrogen-bond donors (Lipinski definition) is 1. The van der Waals surface area contributed by atoms with Gasteiger partial charge in [0.15, 0.2) is 0 Å². The number of fused-ring (bicyclic) bond motifs is 1. The SMILES string of the molecule is CN(C)CCCNCC1C2CCCC21. The van der Waals surface area contributed by atoms with Gasteiger partial charge in [0.1, 0.15) is 0 Å². The van der Waals surface area contributed by atoms with E-state index in [1.54, 1.807) is 0 Å². The molecule has 0 spiro atoms. The van der Waals surface area contributed by atoms with Crippen LogP contribution in [0.5, 0.6) is 0 Å². The Balaban J connectivity index is 1.45. The largest absolute Gasteiger partial charge is 0.316 e. The van der Waals surface area contributed by atoms with Gasteiger partial charge in [-0.1, -0.05) is 6.42 Å². The highest BCUT2D eigenvalue weighted by Crippen LogP contribution is 2.56. The quantitative estimate of drug-likeness (QED) is 0.649. The van der Waals surface area contributed by atoms with Crippen LogP contribution >= 0.6 is 0 Å². The van der Waals surface area contributed by atoms with Gasteiger partial charge in [-0.2, -0.15) is 0 Å². The number of rotatable bonds is 6. The van der Waals surface area contributed by atoms with Crippen LogP contribution in [0.15, 0.2) is 0 Å². The lowest BCUT2D eigenvalue weighted by Gasteiger charge is -2.10. The first-order chi connectivity index (χ1) is 6.79. The van der Waals surface area contributed by atoms with Gasteiger partial charge >= 0.3 is 0 Å². The van der Waals surface area contributed by atoms with E-state index in [1.807, 2.05) is 0 Å². The van der Waals surface area contributed by atoms with Crippen molar-refractivity contribution in [2.75, 3.05) is 33.7 Å². The lowest BCUT2D eigenvalue weighted by molar-refractivity contribution is 0.391. The van der Waals surface area contributed by atoms with Crippen molar-refractivity contribution in [1.29, 1.82) is 0 Å².